The lowest BCUT2D eigenvalue weighted by molar-refractivity contribution is -0.122. The molecule has 3 aromatic rings. The van der Waals surface area contributed by atoms with Crippen LogP contribution in [0.25, 0.3) is 11.0 Å². The van der Waals surface area contributed by atoms with Gasteiger partial charge < -0.3 is 14.8 Å². The Kier molecular flexibility index (Phi) is 6.13. The molecule has 0 saturated carbocycles. The number of ether oxygens (including phenoxy) is 2. The van der Waals surface area contributed by atoms with Gasteiger partial charge in [0.2, 0.25) is 5.91 Å². The number of hydrogen-bond donors (Lipinski definition) is 1. The van der Waals surface area contributed by atoms with Crippen molar-refractivity contribution < 1.29 is 14.3 Å². The monoisotopic (exact) mass is 382 g/mol. The Morgan fingerprint density at radius 1 is 1.14 bits per heavy atom. The normalized spacial score (nSPS) is 12.2. The SMILES string of the molecule is COc1cc([C@@H](C)NC(=O)Cn2nnc3ccccc32)ccc1OCC(C)C. The van der Waals surface area contributed by atoms with Gasteiger partial charge in [-0.2, -0.15) is 0 Å². The minimum absolute atomic E-state index is 0.109. The number of amides is 1. The molecule has 0 radical (unpaired) electrons. The zero-order valence-electron chi connectivity index (χ0n) is 16.7. The molecule has 148 valence electrons. The van der Waals surface area contributed by atoms with Gasteiger partial charge in [-0.15, -0.1) is 5.10 Å². The zero-order chi connectivity index (χ0) is 20.1. The predicted octanol–water partition coefficient (Wildman–Crippen LogP) is 3.35. The molecular weight excluding hydrogens is 356 g/mol. The first-order valence-electron chi connectivity index (χ1n) is 9.36. The van der Waals surface area contributed by atoms with Crippen molar-refractivity contribution in [3.63, 3.8) is 0 Å². The molecule has 0 aliphatic rings. The summed E-state index contributed by atoms with van der Waals surface area (Å²) in [4.78, 5) is 12.5. The summed E-state index contributed by atoms with van der Waals surface area (Å²) in [5, 5.41) is 11.1. The molecule has 3 rings (SSSR count). The van der Waals surface area contributed by atoms with E-state index in [1.165, 1.54) is 0 Å². The Hall–Kier alpha value is -3.09. The molecular formula is C21H26N4O3. The van der Waals surface area contributed by atoms with Crippen molar-refractivity contribution in [1.29, 1.82) is 0 Å². The first kappa shape index (κ1) is 19.7. The summed E-state index contributed by atoms with van der Waals surface area (Å²) < 4.78 is 12.8. The quantitative estimate of drug-likeness (QED) is 0.646. The number of carbonyl (C=O) groups excluding carboxylic acids is 1. The summed E-state index contributed by atoms with van der Waals surface area (Å²) >= 11 is 0. The Morgan fingerprint density at radius 2 is 1.93 bits per heavy atom. The summed E-state index contributed by atoms with van der Waals surface area (Å²) in [7, 11) is 1.61. The molecule has 7 nitrogen and oxygen atoms in total. The van der Waals surface area contributed by atoms with Crippen molar-refractivity contribution in [2.75, 3.05) is 13.7 Å². The third-order valence-electron chi connectivity index (χ3n) is 4.35. The van der Waals surface area contributed by atoms with Crippen molar-refractivity contribution in [3.05, 3.63) is 48.0 Å². The van der Waals surface area contributed by atoms with Gasteiger partial charge in [0, 0.05) is 0 Å². The molecule has 0 fully saturated rings. The molecule has 1 N–H and O–H groups in total. The maximum absolute atomic E-state index is 12.5. The average molecular weight is 382 g/mol. The number of para-hydroxylation sites is 1. The lowest BCUT2D eigenvalue weighted by Gasteiger charge is -2.18. The van der Waals surface area contributed by atoms with Crippen LogP contribution in [0.2, 0.25) is 0 Å². The Labute approximate surface area is 164 Å². The highest BCUT2D eigenvalue weighted by Gasteiger charge is 2.15. The second-order valence-corrected chi connectivity index (χ2v) is 7.14. The summed E-state index contributed by atoms with van der Waals surface area (Å²) in [6.07, 6.45) is 0. The van der Waals surface area contributed by atoms with Gasteiger partial charge in [-0.05, 0) is 42.7 Å². The molecule has 1 aromatic heterocycles. The van der Waals surface area contributed by atoms with Gasteiger partial charge in [0.05, 0.1) is 25.3 Å². The minimum atomic E-state index is -0.185. The molecule has 0 unspecified atom stereocenters. The number of benzene rings is 2. The molecule has 1 amide bonds. The smallest absolute Gasteiger partial charge is 0.242 e. The van der Waals surface area contributed by atoms with Gasteiger partial charge in [-0.25, -0.2) is 4.68 Å². The Morgan fingerprint density at radius 3 is 2.68 bits per heavy atom. The second-order valence-electron chi connectivity index (χ2n) is 7.14. The van der Waals surface area contributed by atoms with Gasteiger partial charge in [0.1, 0.15) is 12.1 Å². The fourth-order valence-electron chi connectivity index (χ4n) is 2.87. The fourth-order valence-corrected chi connectivity index (χ4v) is 2.87. The van der Waals surface area contributed by atoms with Gasteiger partial charge in [0.25, 0.3) is 0 Å². The third kappa shape index (κ3) is 4.60. The van der Waals surface area contributed by atoms with Crippen LogP contribution in [-0.2, 0) is 11.3 Å². The van der Waals surface area contributed by atoms with Crippen molar-refractivity contribution in [3.8, 4) is 11.5 Å². The van der Waals surface area contributed by atoms with Crippen molar-refractivity contribution >= 4 is 16.9 Å². The highest BCUT2D eigenvalue weighted by Crippen LogP contribution is 2.30. The number of carbonyl (C=O) groups is 1. The lowest BCUT2D eigenvalue weighted by atomic mass is 10.1. The largest absolute Gasteiger partial charge is 0.493 e. The highest BCUT2D eigenvalue weighted by molar-refractivity contribution is 5.80. The van der Waals surface area contributed by atoms with Crippen molar-refractivity contribution in [2.45, 2.75) is 33.4 Å². The molecule has 28 heavy (non-hydrogen) atoms. The minimum Gasteiger partial charge on any atom is -0.493 e. The van der Waals surface area contributed by atoms with Crippen LogP contribution < -0.4 is 14.8 Å². The van der Waals surface area contributed by atoms with Gasteiger partial charge in [-0.1, -0.05) is 37.3 Å². The van der Waals surface area contributed by atoms with Crippen molar-refractivity contribution in [2.24, 2.45) is 5.92 Å². The summed E-state index contributed by atoms with van der Waals surface area (Å²) in [5.74, 6) is 1.65. The van der Waals surface area contributed by atoms with E-state index in [1.54, 1.807) is 11.8 Å². The van der Waals surface area contributed by atoms with Crippen LogP contribution >= 0.6 is 0 Å². The molecule has 0 aliphatic heterocycles. The van der Waals surface area contributed by atoms with E-state index >= 15 is 0 Å². The van der Waals surface area contributed by atoms with Gasteiger partial charge >= 0.3 is 0 Å². The maximum atomic E-state index is 12.5. The van der Waals surface area contributed by atoms with E-state index in [2.05, 4.69) is 29.5 Å². The van der Waals surface area contributed by atoms with Gasteiger partial charge in [-0.3, -0.25) is 4.79 Å². The number of aromatic nitrogens is 3. The van der Waals surface area contributed by atoms with Crippen LogP contribution in [0, 0.1) is 5.92 Å². The molecule has 0 aliphatic carbocycles. The van der Waals surface area contributed by atoms with Crippen LogP contribution in [0.5, 0.6) is 11.5 Å². The first-order valence-corrected chi connectivity index (χ1v) is 9.36. The fraction of sp³-hybridized carbons (Fsp3) is 0.381. The van der Waals surface area contributed by atoms with Crippen LogP contribution in [0.15, 0.2) is 42.5 Å². The molecule has 7 heteroatoms. The molecule has 0 spiro atoms. The average Bonchev–Trinajstić information content (AvgIpc) is 3.09. The Bertz CT molecular complexity index is 952. The zero-order valence-corrected chi connectivity index (χ0v) is 16.7. The van der Waals surface area contributed by atoms with E-state index in [0.29, 0.717) is 24.0 Å². The molecule has 0 bridgehead atoms. The van der Waals surface area contributed by atoms with Crippen molar-refractivity contribution in [1.82, 2.24) is 20.3 Å². The number of fused-ring (bicyclic) bond motifs is 1. The topological polar surface area (TPSA) is 78.3 Å². The summed E-state index contributed by atoms with van der Waals surface area (Å²) in [5.41, 5.74) is 2.54. The number of nitrogens with zero attached hydrogens (tertiary/aromatic N) is 3. The number of nitrogens with one attached hydrogen (secondary N) is 1. The van der Waals surface area contributed by atoms with Crippen LogP contribution in [0.1, 0.15) is 32.4 Å². The van der Waals surface area contributed by atoms with E-state index in [-0.39, 0.29) is 18.5 Å². The second kappa shape index (κ2) is 8.73. The standard InChI is InChI=1S/C21H26N4O3/c1-14(2)13-28-19-10-9-16(11-20(19)27-4)15(3)22-21(26)12-25-18-8-6-5-7-17(18)23-24-25/h5-11,14-15H,12-13H2,1-4H3,(H,22,26)/t15-/m1/s1. The number of rotatable bonds is 8. The van der Waals surface area contributed by atoms with E-state index in [4.69, 9.17) is 9.47 Å². The molecule has 2 aromatic carbocycles. The third-order valence-corrected chi connectivity index (χ3v) is 4.35. The molecule has 0 saturated heterocycles. The highest BCUT2D eigenvalue weighted by atomic mass is 16.5. The summed E-state index contributed by atoms with van der Waals surface area (Å²) in [6.45, 7) is 6.85. The lowest BCUT2D eigenvalue weighted by Crippen LogP contribution is -2.30. The van der Waals surface area contributed by atoms with Crippen LogP contribution in [0.3, 0.4) is 0 Å². The van der Waals surface area contributed by atoms with E-state index in [9.17, 15) is 4.79 Å². The Balaban J connectivity index is 1.66. The van der Waals surface area contributed by atoms with Gasteiger partial charge in [0.15, 0.2) is 11.5 Å². The van der Waals surface area contributed by atoms with E-state index in [1.807, 2.05) is 49.4 Å². The number of hydrogen-bond acceptors (Lipinski definition) is 5. The van der Waals surface area contributed by atoms with Crippen LogP contribution in [-0.4, -0.2) is 34.6 Å². The van der Waals surface area contributed by atoms with E-state index < -0.39 is 0 Å². The first-order chi connectivity index (χ1) is 13.5. The molecule has 1 atom stereocenters. The van der Waals surface area contributed by atoms with Crippen LogP contribution in [0.4, 0.5) is 0 Å². The molecule has 1 heterocycles. The van der Waals surface area contributed by atoms with E-state index in [0.717, 1.165) is 16.6 Å². The predicted molar refractivity (Wildman–Crippen MR) is 107 cm³/mol. The number of methoxy groups -OCH3 is 1. The summed E-state index contributed by atoms with van der Waals surface area (Å²) in [6, 6.07) is 13.1. The maximum Gasteiger partial charge on any atom is 0.242 e.